The molecule has 6 nitrogen and oxygen atoms in total. The van der Waals surface area contributed by atoms with Crippen molar-refractivity contribution in [2.45, 2.75) is 13.8 Å². The Labute approximate surface area is 149 Å². The molecule has 2 aromatic heterocycles. The maximum absolute atomic E-state index is 13.0. The van der Waals surface area contributed by atoms with E-state index in [1.165, 1.54) is 11.5 Å². The molecular weight excluding hydrogens is 328 g/mol. The third-order valence-corrected chi connectivity index (χ3v) is 4.67. The number of aromatic nitrogens is 4. The summed E-state index contributed by atoms with van der Waals surface area (Å²) in [5.74, 6) is 0.335. The summed E-state index contributed by atoms with van der Waals surface area (Å²) in [5.41, 5.74) is 3.13. The Kier molecular flexibility index (Phi) is 3.50. The second kappa shape index (κ2) is 5.62. The molecule has 2 heterocycles. The molecule has 130 valence electrons. The Morgan fingerprint density at radius 1 is 1.08 bits per heavy atom. The first-order valence-corrected chi connectivity index (χ1v) is 8.33. The number of ketones is 1. The molecule has 0 atom stereocenters. The van der Waals surface area contributed by atoms with Gasteiger partial charge in [-0.1, -0.05) is 18.2 Å². The highest BCUT2D eigenvalue weighted by molar-refractivity contribution is 6.06. The summed E-state index contributed by atoms with van der Waals surface area (Å²) in [6.45, 7) is 3.36. The molecule has 0 bridgehead atoms. The van der Waals surface area contributed by atoms with Gasteiger partial charge < -0.3 is 0 Å². The van der Waals surface area contributed by atoms with Crippen molar-refractivity contribution in [3.63, 3.8) is 0 Å². The van der Waals surface area contributed by atoms with Gasteiger partial charge in [0.2, 0.25) is 0 Å². The molecule has 0 radical (unpaired) electrons. The lowest BCUT2D eigenvalue weighted by Gasteiger charge is -2.10. The van der Waals surface area contributed by atoms with Crippen molar-refractivity contribution in [3.8, 4) is 11.5 Å². The fourth-order valence-corrected chi connectivity index (χ4v) is 3.38. The molecule has 0 saturated carbocycles. The van der Waals surface area contributed by atoms with E-state index in [1.54, 1.807) is 23.9 Å². The highest BCUT2D eigenvalue weighted by atomic mass is 16.1. The number of carbonyl (C=O) groups is 1. The van der Waals surface area contributed by atoms with Gasteiger partial charge in [-0.05, 0) is 37.6 Å². The van der Waals surface area contributed by atoms with Gasteiger partial charge in [-0.25, -0.2) is 4.98 Å². The monoisotopic (exact) mass is 346 g/mol. The van der Waals surface area contributed by atoms with Crippen molar-refractivity contribution in [2.75, 3.05) is 0 Å². The van der Waals surface area contributed by atoms with Gasteiger partial charge >= 0.3 is 0 Å². The Morgan fingerprint density at radius 3 is 2.54 bits per heavy atom. The lowest BCUT2D eigenvalue weighted by atomic mass is 10.0. The maximum atomic E-state index is 13.0. The van der Waals surface area contributed by atoms with Crippen LogP contribution < -0.4 is 5.56 Å². The average Bonchev–Trinajstić information content (AvgIpc) is 2.95. The number of nitrogens with zero attached hydrogens (tertiary/aromatic N) is 4. The molecule has 2 aromatic carbocycles. The van der Waals surface area contributed by atoms with E-state index in [-0.39, 0.29) is 11.3 Å². The number of fused-ring (bicyclic) bond motifs is 2. The number of Topliss-reactive ketones (excluding diaryl/α,β-unsaturated/α-hetero) is 1. The number of benzene rings is 2. The number of hydrogen-bond acceptors (Lipinski definition) is 4. The first-order valence-electron chi connectivity index (χ1n) is 8.33. The van der Waals surface area contributed by atoms with Crippen molar-refractivity contribution >= 4 is 27.6 Å². The maximum Gasteiger partial charge on any atom is 0.261 e. The summed E-state index contributed by atoms with van der Waals surface area (Å²) in [6, 6.07) is 11.3. The molecule has 0 unspecified atom stereocenters. The summed E-state index contributed by atoms with van der Waals surface area (Å²) in [4.78, 5) is 29.8. The van der Waals surface area contributed by atoms with Crippen LogP contribution in [0.3, 0.4) is 0 Å². The first-order chi connectivity index (χ1) is 12.4. The zero-order valence-electron chi connectivity index (χ0n) is 15.1. The molecule has 6 heteroatoms. The lowest BCUT2D eigenvalue weighted by molar-refractivity contribution is 0.101. The lowest BCUT2D eigenvalue weighted by Crippen LogP contribution is -2.21. The van der Waals surface area contributed by atoms with E-state index in [9.17, 15) is 9.59 Å². The quantitative estimate of drug-likeness (QED) is 0.523. The standard InChI is InChI=1S/C20H18N4O2/c1-11-9-14(12(2)25)17-15(10-11)20(26)23(3)19(21-17)18-13-7-5-6-8-16(13)24(4)22-18/h5-10H,1-4H3. The molecule has 4 aromatic rings. The minimum atomic E-state index is -0.189. The van der Waals surface area contributed by atoms with Crippen molar-refractivity contribution in [3.05, 3.63) is 57.9 Å². The molecular formula is C20H18N4O2. The zero-order valence-corrected chi connectivity index (χ0v) is 15.1. The van der Waals surface area contributed by atoms with Crippen LogP contribution in [0.25, 0.3) is 33.3 Å². The van der Waals surface area contributed by atoms with Crippen LogP contribution >= 0.6 is 0 Å². The Balaban J connectivity index is 2.16. The molecule has 4 rings (SSSR count). The van der Waals surface area contributed by atoms with Crippen LogP contribution in [0.5, 0.6) is 0 Å². The van der Waals surface area contributed by atoms with Gasteiger partial charge in [-0.15, -0.1) is 0 Å². The van der Waals surface area contributed by atoms with Gasteiger partial charge in [-0.3, -0.25) is 18.8 Å². The van der Waals surface area contributed by atoms with E-state index in [4.69, 9.17) is 4.98 Å². The highest BCUT2D eigenvalue weighted by Gasteiger charge is 2.19. The van der Waals surface area contributed by atoms with Crippen LogP contribution in [-0.4, -0.2) is 25.1 Å². The van der Waals surface area contributed by atoms with E-state index in [0.717, 1.165) is 16.5 Å². The predicted octanol–water partition coefficient (Wildman–Crippen LogP) is 3.00. The summed E-state index contributed by atoms with van der Waals surface area (Å²) < 4.78 is 3.27. The second-order valence-electron chi connectivity index (χ2n) is 6.55. The van der Waals surface area contributed by atoms with Gasteiger partial charge in [0, 0.05) is 25.0 Å². The van der Waals surface area contributed by atoms with Gasteiger partial charge in [0.25, 0.3) is 5.56 Å². The van der Waals surface area contributed by atoms with Crippen LogP contribution in [0, 0.1) is 6.92 Å². The molecule has 26 heavy (non-hydrogen) atoms. The van der Waals surface area contributed by atoms with E-state index in [1.807, 2.05) is 38.2 Å². The highest BCUT2D eigenvalue weighted by Crippen LogP contribution is 2.27. The average molecular weight is 346 g/mol. The molecule has 0 aliphatic carbocycles. The fraction of sp³-hybridized carbons (Fsp3) is 0.200. The molecule has 0 aliphatic heterocycles. The smallest absolute Gasteiger partial charge is 0.261 e. The molecule has 0 aliphatic rings. The Hall–Kier alpha value is -3.28. The molecule has 0 spiro atoms. The van der Waals surface area contributed by atoms with E-state index >= 15 is 0 Å². The number of aryl methyl sites for hydroxylation is 2. The Bertz CT molecular complexity index is 1260. The van der Waals surface area contributed by atoms with Crippen LogP contribution in [-0.2, 0) is 14.1 Å². The summed E-state index contributed by atoms with van der Waals surface area (Å²) in [7, 11) is 3.54. The van der Waals surface area contributed by atoms with Gasteiger partial charge in [-0.2, -0.15) is 5.10 Å². The van der Waals surface area contributed by atoms with Crippen LogP contribution in [0.1, 0.15) is 22.8 Å². The normalized spacial score (nSPS) is 11.4. The van der Waals surface area contributed by atoms with Gasteiger partial charge in [0.1, 0.15) is 5.69 Å². The van der Waals surface area contributed by atoms with Gasteiger partial charge in [0.05, 0.1) is 16.4 Å². The van der Waals surface area contributed by atoms with Gasteiger partial charge in [0.15, 0.2) is 11.6 Å². The SMILES string of the molecule is CC(=O)c1cc(C)cc2c(=O)n(C)c(-c3nn(C)c4ccccc34)nc12. The van der Waals surface area contributed by atoms with E-state index in [2.05, 4.69) is 5.10 Å². The van der Waals surface area contributed by atoms with Crippen LogP contribution in [0.4, 0.5) is 0 Å². The van der Waals surface area contributed by atoms with Crippen LogP contribution in [0.15, 0.2) is 41.2 Å². The minimum Gasteiger partial charge on any atom is -0.294 e. The molecule has 0 saturated heterocycles. The molecule has 0 N–H and O–H groups in total. The minimum absolute atomic E-state index is 0.115. The van der Waals surface area contributed by atoms with Crippen LogP contribution in [0.2, 0.25) is 0 Å². The molecule has 0 amide bonds. The second-order valence-corrected chi connectivity index (χ2v) is 6.55. The third-order valence-electron chi connectivity index (χ3n) is 4.67. The number of hydrogen-bond donors (Lipinski definition) is 0. The van der Waals surface area contributed by atoms with Crippen molar-refractivity contribution in [2.24, 2.45) is 14.1 Å². The van der Waals surface area contributed by atoms with Crippen molar-refractivity contribution < 1.29 is 4.79 Å². The zero-order chi connectivity index (χ0) is 18.6. The topological polar surface area (TPSA) is 69.8 Å². The summed E-state index contributed by atoms with van der Waals surface area (Å²) >= 11 is 0. The van der Waals surface area contributed by atoms with E-state index < -0.39 is 0 Å². The largest absolute Gasteiger partial charge is 0.294 e. The summed E-state index contributed by atoms with van der Waals surface area (Å²) in [5, 5.41) is 5.93. The summed E-state index contributed by atoms with van der Waals surface area (Å²) in [6.07, 6.45) is 0. The Morgan fingerprint density at radius 2 is 1.81 bits per heavy atom. The molecule has 0 fully saturated rings. The number of carbonyl (C=O) groups excluding carboxylic acids is 1. The first kappa shape index (κ1) is 16.2. The number of rotatable bonds is 2. The van der Waals surface area contributed by atoms with Crippen molar-refractivity contribution in [1.82, 2.24) is 19.3 Å². The fourth-order valence-electron chi connectivity index (χ4n) is 3.38. The van der Waals surface area contributed by atoms with E-state index in [0.29, 0.717) is 28.0 Å². The predicted molar refractivity (Wildman–Crippen MR) is 101 cm³/mol. The van der Waals surface area contributed by atoms with Crippen molar-refractivity contribution in [1.29, 1.82) is 0 Å². The number of para-hydroxylation sites is 1. The third kappa shape index (κ3) is 2.26.